The molecule has 0 bridgehead atoms. The van der Waals surface area contributed by atoms with Crippen LogP contribution in [0.15, 0.2) is 54.6 Å². The van der Waals surface area contributed by atoms with Gasteiger partial charge in [0.1, 0.15) is 0 Å². The van der Waals surface area contributed by atoms with E-state index in [9.17, 15) is 9.90 Å². The minimum atomic E-state index is -0.451. The first-order chi connectivity index (χ1) is 12.2. The standard InChI is InChI=1S/C21H26N2O2/c1-2-16-7-6-10-19(15-16)22-21(25)23-13-11-18(12-14-23)20(24)17-8-4-3-5-9-17/h3-10,15,18,20,24H,2,11-14H2,1H3,(H,22,25). The van der Waals surface area contributed by atoms with Gasteiger partial charge in [0.05, 0.1) is 6.10 Å². The molecule has 25 heavy (non-hydrogen) atoms. The molecule has 4 nitrogen and oxygen atoms in total. The molecule has 2 aromatic rings. The summed E-state index contributed by atoms with van der Waals surface area (Å²) in [6, 6.07) is 17.7. The lowest BCUT2D eigenvalue weighted by Gasteiger charge is -2.34. The van der Waals surface area contributed by atoms with E-state index in [1.165, 1.54) is 5.56 Å². The molecule has 1 saturated heterocycles. The van der Waals surface area contributed by atoms with Crippen LogP contribution in [0.3, 0.4) is 0 Å². The van der Waals surface area contributed by atoms with Crippen molar-refractivity contribution in [1.29, 1.82) is 0 Å². The summed E-state index contributed by atoms with van der Waals surface area (Å²) < 4.78 is 0. The van der Waals surface area contributed by atoms with Crippen molar-refractivity contribution in [2.24, 2.45) is 5.92 Å². The number of urea groups is 1. The Kier molecular flexibility index (Phi) is 5.71. The fourth-order valence-electron chi connectivity index (χ4n) is 3.41. The van der Waals surface area contributed by atoms with E-state index in [0.717, 1.165) is 30.5 Å². The Morgan fingerprint density at radius 1 is 1.16 bits per heavy atom. The summed E-state index contributed by atoms with van der Waals surface area (Å²) in [6.45, 7) is 3.45. The average molecular weight is 338 g/mol. The van der Waals surface area contributed by atoms with E-state index in [0.29, 0.717) is 13.1 Å². The summed E-state index contributed by atoms with van der Waals surface area (Å²) in [5, 5.41) is 13.5. The number of carbonyl (C=O) groups excluding carboxylic acids is 1. The van der Waals surface area contributed by atoms with Gasteiger partial charge in [0, 0.05) is 18.8 Å². The van der Waals surface area contributed by atoms with Crippen LogP contribution in [-0.2, 0) is 6.42 Å². The average Bonchev–Trinajstić information content (AvgIpc) is 2.68. The maximum atomic E-state index is 12.5. The van der Waals surface area contributed by atoms with Crippen molar-refractivity contribution in [1.82, 2.24) is 4.90 Å². The Labute approximate surface area is 149 Å². The van der Waals surface area contributed by atoms with Crippen molar-refractivity contribution in [3.63, 3.8) is 0 Å². The van der Waals surface area contributed by atoms with Crippen LogP contribution < -0.4 is 5.32 Å². The lowest BCUT2D eigenvalue weighted by Crippen LogP contribution is -2.42. The molecule has 132 valence electrons. The Morgan fingerprint density at radius 2 is 1.88 bits per heavy atom. The van der Waals surface area contributed by atoms with E-state index in [2.05, 4.69) is 18.3 Å². The highest BCUT2D eigenvalue weighted by atomic mass is 16.3. The van der Waals surface area contributed by atoms with Crippen molar-refractivity contribution < 1.29 is 9.90 Å². The molecule has 0 radical (unpaired) electrons. The number of anilines is 1. The number of hydrogen-bond acceptors (Lipinski definition) is 2. The number of benzene rings is 2. The number of nitrogens with one attached hydrogen (secondary N) is 1. The number of carbonyl (C=O) groups is 1. The van der Waals surface area contributed by atoms with Gasteiger partial charge >= 0.3 is 6.03 Å². The number of amides is 2. The molecule has 1 aliphatic rings. The van der Waals surface area contributed by atoms with E-state index < -0.39 is 6.10 Å². The topological polar surface area (TPSA) is 52.6 Å². The Balaban J connectivity index is 1.54. The first kappa shape index (κ1) is 17.5. The van der Waals surface area contributed by atoms with Crippen LogP contribution in [0.5, 0.6) is 0 Å². The van der Waals surface area contributed by atoms with Crippen LogP contribution in [-0.4, -0.2) is 29.1 Å². The zero-order valence-electron chi connectivity index (χ0n) is 14.7. The van der Waals surface area contributed by atoms with Gasteiger partial charge in [-0.25, -0.2) is 4.79 Å². The van der Waals surface area contributed by atoms with Gasteiger partial charge in [-0.05, 0) is 48.4 Å². The van der Waals surface area contributed by atoms with E-state index in [-0.39, 0.29) is 11.9 Å². The molecule has 0 aromatic heterocycles. The second-order valence-electron chi connectivity index (χ2n) is 6.66. The SMILES string of the molecule is CCc1cccc(NC(=O)N2CCC(C(O)c3ccccc3)CC2)c1. The van der Waals surface area contributed by atoms with Crippen molar-refractivity contribution in [3.8, 4) is 0 Å². The minimum Gasteiger partial charge on any atom is -0.388 e. The van der Waals surface area contributed by atoms with E-state index >= 15 is 0 Å². The first-order valence-corrected chi connectivity index (χ1v) is 9.05. The molecule has 2 amide bonds. The summed E-state index contributed by atoms with van der Waals surface area (Å²) in [6.07, 6.45) is 2.14. The molecule has 0 aliphatic carbocycles. The molecule has 0 saturated carbocycles. The van der Waals surface area contributed by atoms with E-state index in [1.807, 2.05) is 53.4 Å². The summed E-state index contributed by atoms with van der Waals surface area (Å²) in [4.78, 5) is 14.3. The Hall–Kier alpha value is -2.33. The predicted octanol–water partition coefficient (Wildman–Crippen LogP) is 4.23. The van der Waals surface area contributed by atoms with Crippen LogP contribution >= 0.6 is 0 Å². The van der Waals surface area contributed by atoms with Crippen molar-refractivity contribution in [2.75, 3.05) is 18.4 Å². The zero-order chi connectivity index (χ0) is 17.6. The zero-order valence-corrected chi connectivity index (χ0v) is 14.7. The van der Waals surface area contributed by atoms with Gasteiger partial charge in [-0.15, -0.1) is 0 Å². The maximum Gasteiger partial charge on any atom is 0.321 e. The number of nitrogens with zero attached hydrogens (tertiary/aromatic N) is 1. The number of aliphatic hydroxyl groups is 1. The Bertz CT molecular complexity index is 694. The smallest absolute Gasteiger partial charge is 0.321 e. The fourth-order valence-corrected chi connectivity index (χ4v) is 3.41. The molecule has 1 atom stereocenters. The highest BCUT2D eigenvalue weighted by Crippen LogP contribution is 2.30. The molecule has 4 heteroatoms. The van der Waals surface area contributed by atoms with Crippen LogP contribution in [0.4, 0.5) is 10.5 Å². The van der Waals surface area contributed by atoms with Gasteiger partial charge in [-0.3, -0.25) is 0 Å². The normalized spacial score (nSPS) is 16.5. The fraction of sp³-hybridized carbons (Fsp3) is 0.381. The number of aryl methyl sites for hydroxylation is 1. The van der Waals surface area contributed by atoms with Crippen LogP contribution in [0.25, 0.3) is 0 Å². The second kappa shape index (κ2) is 8.17. The third kappa shape index (κ3) is 4.40. The molecular weight excluding hydrogens is 312 g/mol. The molecule has 1 heterocycles. The maximum absolute atomic E-state index is 12.5. The lowest BCUT2D eigenvalue weighted by atomic mass is 9.87. The predicted molar refractivity (Wildman–Crippen MR) is 101 cm³/mol. The van der Waals surface area contributed by atoms with Crippen molar-refractivity contribution in [2.45, 2.75) is 32.3 Å². The molecule has 2 N–H and O–H groups in total. The van der Waals surface area contributed by atoms with Crippen LogP contribution in [0, 0.1) is 5.92 Å². The van der Waals surface area contributed by atoms with Gasteiger partial charge in [0.15, 0.2) is 0 Å². The summed E-state index contributed by atoms with van der Waals surface area (Å²) in [7, 11) is 0. The molecule has 0 spiro atoms. The van der Waals surface area contributed by atoms with Gasteiger partial charge in [0.2, 0.25) is 0 Å². The summed E-state index contributed by atoms with van der Waals surface area (Å²) in [5.41, 5.74) is 3.01. The van der Waals surface area contributed by atoms with Crippen molar-refractivity contribution >= 4 is 11.7 Å². The molecular formula is C21H26N2O2. The summed E-state index contributed by atoms with van der Waals surface area (Å²) in [5.74, 6) is 0.204. The summed E-state index contributed by atoms with van der Waals surface area (Å²) >= 11 is 0. The third-order valence-corrected chi connectivity index (χ3v) is 5.00. The highest BCUT2D eigenvalue weighted by Gasteiger charge is 2.28. The molecule has 2 aromatic carbocycles. The largest absolute Gasteiger partial charge is 0.388 e. The van der Waals surface area contributed by atoms with Crippen LogP contribution in [0.2, 0.25) is 0 Å². The van der Waals surface area contributed by atoms with E-state index in [1.54, 1.807) is 0 Å². The minimum absolute atomic E-state index is 0.0547. The van der Waals surface area contributed by atoms with Gasteiger partial charge in [-0.2, -0.15) is 0 Å². The lowest BCUT2D eigenvalue weighted by molar-refractivity contribution is 0.0683. The highest BCUT2D eigenvalue weighted by molar-refractivity contribution is 5.89. The quantitative estimate of drug-likeness (QED) is 0.877. The third-order valence-electron chi connectivity index (χ3n) is 5.00. The number of aliphatic hydroxyl groups excluding tert-OH is 1. The van der Waals surface area contributed by atoms with Gasteiger partial charge in [0.25, 0.3) is 0 Å². The number of piperidine rings is 1. The molecule has 1 aliphatic heterocycles. The second-order valence-corrected chi connectivity index (χ2v) is 6.66. The monoisotopic (exact) mass is 338 g/mol. The van der Waals surface area contributed by atoms with Gasteiger partial charge < -0.3 is 15.3 Å². The van der Waals surface area contributed by atoms with Crippen molar-refractivity contribution in [3.05, 3.63) is 65.7 Å². The van der Waals surface area contributed by atoms with Gasteiger partial charge in [-0.1, -0.05) is 49.4 Å². The molecule has 1 fully saturated rings. The van der Waals surface area contributed by atoms with E-state index in [4.69, 9.17) is 0 Å². The number of rotatable bonds is 4. The Morgan fingerprint density at radius 3 is 2.56 bits per heavy atom. The number of hydrogen-bond donors (Lipinski definition) is 2. The number of likely N-dealkylation sites (tertiary alicyclic amines) is 1. The first-order valence-electron chi connectivity index (χ1n) is 9.05. The molecule has 1 unspecified atom stereocenters. The molecule has 3 rings (SSSR count). The van der Waals surface area contributed by atoms with Crippen LogP contribution in [0.1, 0.15) is 37.0 Å².